The second-order valence-electron chi connectivity index (χ2n) is 4.79. The summed E-state index contributed by atoms with van der Waals surface area (Å²) in [4.78, 5) is 10.0. The van der Waals surface area contributed by atoms with E-state index >= 15 is 0 Å². The van der Waals surface area contributed by atoms with E-state index in [-0.39, 0.29) is 0 Å². The van der Waals surface area contributed by atoms with Gasteiger partial charge in [-0.2, -0.15) is 0 Å². The molecule has 3 aromatic rings. The van der Waals surface area contributed by atoms with Crippen LogP contribution in [-0.2, 0) is 0 Å². The highest BCUT2D eigenvalue weighted by molar-refractivity contribution is 7.13. The van der Waals surface area contributed by atoms with Crippen molar-refractivity contribution in [3.63, 3.8) is 0 Å². The topological polar surface area (TPSA) is 47.0 Å². The Hall–Kier alpha value is -2.40. The van der Waals surface area contributed by atoms with Gasteiger partial charge in [-0.05, 0) is 30.5 Å². The number of aryl methyl sites for hydroxylation is 1. The molecule has 0 spiro atoms. The van der Waals surface area contributed by atoms with Crippen LogP contribution in [-0.4, -0.2) is 23.1 Å². The summed E-state index contributed by atoms with van der Waals surface area (Å²) in [6.07, 6.45) is 1.85. The Bertz CT molecular complexity index is 714. The first-order chi connectivity index (χ1) is 10.8. The van der Waals surface area contributed by atoms with Crippen molar-refractivity contribution in [3.8, 4) is 16.5 Å². The quantitative estimate of drug-likeness (QED) is 0.699. The number of hydrogen-bond donors (Lipinski definition) is 1. The monoisotopic (exact) mass is 311 g/mol. The highest BCUT2D eigenvalue weighted by Gasteiger charge is 2.06. The number of rotatable bonds is 6. The van der Waals surface area contributed by atoms with Crippen molar-refractivity contribution in [1.82, 2.24) is 9.97 Å². The first-order valence-corrected chi connectivity index (χ1v) is 8.00. The Kier molecular flexibility index (Phi) is 4.65. The summed E-state index contributed by atoms with van der Waals surface area (Å²) in [6.45, 7) is 3.27. The lowest BCUT2D eigenvalue weighted by Gasteiger charge is -2.10. The van der Waals surface area contributed by atoms with E-state index in [9.17, 15) is 0 Å². The number of hydrogen-bond acceptors (Lipinski definition) is 5. The van der Waals surface area contributed by atoms with Crippen molar-refractivity contribution in [2.24, 2.45) is 0 Å². The van der Waals surface area contributed by atoms with Gasteiger partial charge in [0.25, 0.3) is 0 Å². The molecular formula is C17H17N3OS. The summed E-state index contributed by atoms with van der Waals surface area (Å²) < 4.78 is 5.67. The first kappa shape index (κ1) is 14.5. The van der Waals surface area contributed by atoms with Crippen molar-refractivity contribution < 1.29 is 4.74 Å². The Labute approximate surface area is 133 Å². The standard InChI is InChI=1S/C17H17N3OS/c1-13-12-19-17(15-8-5-11-22-15)20-16(13)18-9-10-21-14-6-3-2-4-7-14/h2-8,11-12H,9-10H2,1H3,(H,18,19,20). The molecular weight excluding hydrogens is 294 g/mol. The van der Waals surface area contributed by atoms with Gasteiger partial charge < -0.3 is 10.1 Å². The van der Waals surface area contributed by atoms with Gasteiger partial charge in [-0.25, -0.2) is 9.97 Å². The summed E-state index contributed by atoms with van der Waals surface area (Å²) >= 11 is 1.64. The van der Waals surface area contributed by atoms with Gasteiger partial charge in [-0.1, -0.05) is 24.3 Å². The molecule has 3 rings (SSSR count). The van der Waals surface area contributed by atoms with Crippen molar-refractivity contribution in [3.05, 3.63) is 59.6 Å². The van der Waals surface area contributed by atoms with E-state index in [1.807, 2.05) is 61.0 Å². The Morgan fingerprint density at radius 3 is 2.77 bits per heavy atom. The predicted octanol–water partition coefficient (Wildman–Crippen LogP) is 4.00. The van der Waals surface area contributed by atoms with Crippen LogP contribution in [0.2, 0.25) is 0 Å². The molecule has 1 N–H and O–H groups in total. The lowest BCUT2D eigenvalue weighted by atomic mass is 10.3. The fourth-order valence-electron chi connectivity index (χ4n) is 2.00. The maximum Gasteiger partial charge on any atom is 0.171 e. The SMILES string of the molecule is Cc1cnc(-c2cccs2)nc1NCCOc1ccccc1. The molecule has 4 nitrogen and oxygen atoms in total. The van der Waals surface area contributed by atoms with Crippen LogP contribution in [0.25, 0.3) is 10.7 Å². The number of aromatic nitrogens is 2. The molecule has 0 fully saturated rings. The normalized spacial score (nSPS) is 10.4. The second kappa shape index (κ2) is 7.04. The molecule has 112 valence electrons. The highest BCUT2D eigenvalue weighted by Crippen LogP contribution is 2.23. The molecule has 0 saturated heterocycles. The molecule has 5 heteroatoms. The van der Waals surface area contributed by atoms with Crippen LogP contribution in [0.3, 0.4) is 0 Å². The van der Waals surface area contributed by atoms with Crippen LogP contribution in [0.4, 0.5) is 5.82 Å². The average Bonchev–Trinajstić information content (AvgIpc) is 3.08. The number of para-hydroxylation sites is 1. The molecule has 0 aliphatic heterocycles. The van der Waals surface area contributed by atoms with E-state index in [2.05, 4.69) is 15.3 Å². The molecule has 22 heavy (non-hydrogen) atoms. The molecule has 0 bridgehead atoms. The minimum absolute atomic E-state index is 0.585. The van der Waals surface area contributed by atoms with Gasteiger partial charge in [-0.15, -0.1) is 11.3 Å². The first-order valence-electron chi connectivity index (χ1n) is 7.12. The molecule has 0 aliphatic rings. The maximum absolute atomic E-state index is 5.67. The zero-order chi connectivity index (χ0) is 15.2. The number of ether oxygens (including phenoxy) is 1. The summed E-state index contributed by atoms with van der Waals surface area (Å²) in [5, 5.41) is 5.34. The van der Waals surface area contributed by atoms with Gasteiger partial charge in [0.2, 0.25) is 0 Å². The summed E-state index contributed by atoms with van der Waals surface area (Å²) in [5.74, 6) is 2.49. The van der Waals surface area contributed by atoms with E-state index in [0.717, 1.165) is 27.8 Å². The van der Waals surface area contributed by atoms with Crippen LogP contribution in [0.5, 0.6) is 5.75 Å². The number of anilines is 1. The Morgan fingerprint density at radius 2 is 2.00 bits per heavy atom. The number of thiophene rings is 1. The van der Waals surface area contributed by atoms with Crippen molar-refractivity contribution in [2.75, 3.05) is 18.5 Å². The third kappa shape index (κ3) is 3.62. The largest absolute Gasteiger partial charge is 0.492 e. The lowest BCUT2D eigenvalue weighted by Crippen LogP contribution is -2.13. The van der Waals surface area contributed by atoms with Crippen LogP contribution < -0.4 is 10.1 Å². The second-order valence-corrected chi connectivity index (χ2v) is 5.74. The molecule has 1 aromatic carbocycles. The zero-order valence-corrected chi connectivity index (χ0v) is 13.1. The molecule has 2 heterocycles. The van der Waals surface area contributed by atoms with Crippen molar-refractivity contribution in [1.29, 1.82) is 0 Å². The van der Waals surface area contributed by atoms with E-state index < -0.39 is 0 Å². The van der Waals surface area contributed by atoms with E-state index in [4.69, 9.17) is 4.74 Å². The van der Waals surface area contributed by atoms with E-state index in [0.29, 0.717) is 13.2 Å². The van der Waals surface area contributed by atoms with Gasteiger partial charge in [0.15, 0.2) is 5.82 Å². The fraction of sp³-hybridized carbons (Fsp3) is 0.176. The molecule has 0 atom stereocenters. The predicted molar refractivity (Wildman–Crippen MR) is 90.5 cm³/mol. The number of benzene rings is 1. The summed E-state index contributed by atoms with van der Waals surface area (Å²) in [5.41, 5.74) is 1.03. The summed E-state index contributed by atoms with van der Waals surface area (Å²) in [6, 6.07) is 13.8. The van der Waals surface area contributed by atoms with Gasteiger partial charge in [0, 0.05) is 11.8 Å². The Morgan fingerprint density at radius 1 is 1.14 bits per heavy atom. The average molecular weight is 311 g/mol. The maximum atomic E-state index is 5.67. The lowest BCUT2D eigenvalue weighted by molar-refractivity contribution is 0.332. The number of nitrogens with zero attached hydrogens (tertiary/aromatic N) is 2. The third-order valence-corrected chi connectivity index (χ3v) is 3.99. The molecule has 0 radical (unpaired) electrons. The molecule has 2 aromatic heterocycles. The number of nitrogens with one attached hydrogen (secondary N) is 1. The van der Waals surface area contributed by atoms with Crippen LogP contribution in [0.1, 0.15) is 5.56 Å². The van der Waals surface area contributed by atoms with E-state index in [1.165, 1.54) is 0 Å². The molecule has 0 amide bonds. The van der Waals surface area contributed by atoms with Crippen LogP contribution in [0, 0.1) is 6.92 Å². The minimum atomic E-state index is 0.585. The van der Waals surface area contributed by atoms with Gasteiger partial charge in [0.05, 0.1) is 11.4 Å². The van der Waals surface area contributed by atoms with Crippen LogP contribution in [0.15, 0.2) is 54.0 Å². The van der Waals surface area contributed by atoms with Gasteiger partial charge in [0.1, 0.15) is 18.2 Å². The van der Waals surface area contributed by atoms with Crippen LogP contribution >= 0.6 is 11.3 Å². The smallest absolute Gasteiger partial charge is 0.171 e. The highest BCUT2D eigenvalue weighted by atomic mass is 32.1. The minimum Gasteiger partial charge on any atom is -0.492 e. The molecule has 0 saturated carbocycles. The van der Waals surface area contributed by atoms with Gasteiger partial charge in [-0.3, -0.25) is 0 Å². The Balaban J connectivity index is 1.59. The summed E-state index contributed by atoms with van der Waals surface area (Å²) in [7, 11) is 0. The third-order valence-electron chi connectivity index (χ3n) is 3.12. The van der Waals surface area contributed by atoms with Gasteiger partial charge >= 0.3 is 0 Å². The molecule has 0 aliphatic carbocycles. The van der Waals surface area contributed by atoms with Crippen molar-refractivity contribution in [2.45, 2.75) is 6.92 Å². The van der Waals surface area contributed by atoms with Crippen molar-refractivity contribution >= 4 is 17.2 Å². The zero-order valence-electron chi connectivity index (χ0n) is 12.3. The molecule has 0 unspecified atom stereocenters. The van der Waals surface area contributed by atoms with E-state index in [1.54, 1.807) is 11.3 Å². The fourth-order valence-corrected chi connectivity index (χ4v) is 2.67.